The van der Waals surface area contributed by atoms with Crippen LogP contribution in [-0.2, 0) is 14.3 Å². The molecule has 132 valence electrons. The number of carbonyl (C=O) groups is 3. The van der Waals surface area contributed by atoms with Crippen molar-refractivity contribution in [2.45, 2.75) is 47.1 Å². The van der Waals surface area contributed by atoms with Crippen molar-refractivity contribution in [3.8, 4) is 0 Å². The van der Waals surface area contributed by atoms with Crippen LogP contribution >= 0.6 is 0 Å². The van der Waals surface area contributed by atoms with Gasteiger partial charge >= 0.3 is 6.09 Å². The Hall–Kier alpha value is -2.63. The summed E-state index contributed by atoms with van der Waals surface area (Å²) in [6, 6.07) is 4.98. The van der Waals surface area contributed by atoms with E-state index in [1.807, 2.05) is 13.8 Å². The molecule has 6 heteroatoms. The third-order valence-corrected chi connectivity index (χ3v) is 2.36. The Morgan fingerprint density at radius 3 is 2.21 bits per heavy atom. The van der Waals surface area contributed by atoms with Crippen molar-refractivity contribution < 1.29 is 19.1 Å². The molecule has 24 heavy (non-hydrogen) atoms. The zero-order valence-corrected chi connectivity index (χ0v) is 15.1. The van der Waals surface area contributed by atoms with Crippen molar-refractivity contribution in [1.82, 2.24) is 0 Å². The second-order valence-corrected chi connectivity index (χ2v) is 5.61. The number of ether oxygens (including phenoxy) is 1. The highest BCUT2D eigenvalue weighted by Crippen LogP contribution is 2.25. The van der Waals surface area contributed by atoms with Gasteiger partial charge in [0.1, 0.15) is 11.9 Å². The molecular formula is C18H26N2O4. The highest BCUT2D eigenvalue weighted by atomic mass is 16.6. The first-order valence-corrected chi connectivity index (χ1v) is 7.75. The van der Waals surface area contributed by atoms with Crippen molar-refractivity contribution in [3.63, 3.8) is 0 Å². The third-order valence-electron chi connectivity index (χ3n) is 2.36. The molecule has 0 unspecified atom stereocenters. The summed E-state index contributed by atoms with van der Waals surface area (Å²) in [5.41, 5.74) is 0.926. The van der Waals surface area contributed by atoms with Crippen LogP contribution in [-0.4, -0.2) is 23.9 Å². The molecule has 0 spiro atoms. The molecule has 6 nitrogen and oxygen atoms in total. The predicted molar refractivity (Wildman–Crippen MR) is 97.0 cm³/mol. The van der Waals surface area contributed by atoms with Crippen LogP contribution in [0.4, 0.5) is 16.2 Å². The average Bonchev–Trinajstić information content (AvgIpc) is 2.47. The van der Waals surface area contributed by atoms with Gasteiger partial charge in [0.25, 0.3) is 0 Å². The minimum Gasteiger partial charge on any atom is -0.444 e. The van der Waals surface area contributed by atoms with Crippen LogP contribution in [0.2, 0.25) is 0 Å². The number of hydrogen-bond acceptors (Lipinski definition) is 4. The fourth-order valence-corrected chi connectivity index (χ4v) is 1.63. The molecule has 0 aliphatic rings. The van der Waals surface area contributed by atoms with E-state index in [4.69, 9.17) is 4.74 Å². The van der Waals surface area contributed by atoms with Crippen molar-refractivity contribution in [2.24, 2.45) is 0 Å². The number of hydrogen-bond donors (Lipinski definition) is 2. The van der Waals surface area contributed by atoms with Gasteiger partial charge in [-0.25, -0.2) is 4.79 Å². The van der Waals surface area contributed by atoms with Gasteiger partial charge in [-0.1, -0.05) is 26.0 Å². The van der Waals surface area contributed by atoms with Gasteiger partial charge < -0.3 is 10.1 Å². The lowest BCUT2D eigenvalue weighted by molar-refractivity contribution is -0.114. The smallest absolute Gasteiger partial charge is 0.412 e. The molecule has 1 aromatic rings. The van der Waals surface area contributed by atoms with Crippen molar-refractivity contribution >= 4 is 35.7 Å². The van der Waals surface area contributed by atoms with Crippen molar-refractivity contribution in [1.29, 1.82) is 0 Å². The maximum Gasteiger partial charge on any atom is 0.412 e. The number of anilines is 2. The van der Waals surface area contributed by atoms with Gasteiger partial charge in [0.2, 0.25) is 5.91 Å². The molecule has 0 saturated heterocycles. The van der Waals surface area contributed by atoms with Crippen LogP contribution in [0, 0.1) is 0 Å². The molecule has 0 atom stereocenters. The third kappa shape index (κ3) is 8.73. The largest absolute Gasteiger partial charge is 0.444 e. The Balaban J connectivity index is 0.00000254. The molecule has 0 saturated carbocycles. The van der Waals surface area contributed by atoms with Gasteiger partial charge in [-0.15, -0.1) is 0 Å². The van der Waals surface area contributed by atoms with Crippen LogP contribution in [0.5, 0.6) is 0 Å². The molecular weight excluding hydrogens is 308 g/mol. The van der Waals surface area contributed by atoms with Gasteiger partial charge in [-0.2, -0.15) is 0 Å². The Morgan fingerprint density at radius 1 is 1.08 bits per heavy atom. The van der Waals surface area contributed by atoms with E-state index in [0.717, 1.165) is 0 Å². The van der Waals surface area contributed by atoms with Crippen molar-refractivity contribution in [3.05, 3.63) is 29.8 Å². The number of allylic oxidation sites excluding steroid dienone is 1. The number of benzene rings is 1. The molecule has 0 fully saturated rings. The fourth-order valence-electron chi connectivity index (χ4n) is 1.63. The Kier molecular flexibility index (Phi) is 9.08. The monoisotopic (exact) mass is 334 g/mol. The SMILES string of the molecule is CC.CC(=O)Nc1cc(/C=C/C=O)ccc1NC(=O)OC(C)(C)C. The minimum atomic E-state index is -0.620. The summed E-state index contributed by atoms with van der Waals surface area (Å²) in [5.74, 6) is -0.274. The van der Waals surface area contributed by atoms with E-state index < -0.39 is 11.7 Å². The molecule has 0 aliphatic heterocycles. The molecule has 1 rings (SSSR count). The van der Waals surface area contributed by atoms with E-state index in [2.05, 4.69) is 10.6 Å². The molecule has 0 aromatic heterocycles. The summed E-state index contributed by atoms with van der Waals surface area (Å²) in [5, 5.41) is 5.21. The van der Waals surface area contributed by atoms with Crippen LogP contribution in [0.25, 0.3) is 6.08 Å². The quantitative estimate of drug-likeness (QED) is 0.637. The normalized spacial score (nSPS) is 10.4. The summed E-state index contributed by atoms with van der Waals surface area (Å²) < 4.78 is 5.17. The van der Waals surface area contributed by atoms with E-state index in [1.165, 1.54) is 13.0 Å². The molecule has 0 radical (unpaired) electrons. The van der Waals surface area contributed by atoms with Crippen LogP contribution in [0.15, 0.2) is 24.3 Å². The van der Waals surface area contributed by atoms with E-state index in [0.29, 0.717) is 23.2 Å². The van der Waals surface area contributed by atoms with E-state index in [9.17, 15) is 14.4 Å². The zero-order valence-electron chi connectivity index (χ0n) is 15.1. The Bertz CT molecular complexity index is 602. The summed E-state index contributed by atoms with van der Waals surface area (Å²) >= 11 is 0. The van der Waals surface area contributed by atoms with E-state index in [-0.39, 0.29) is 5.91 Å². The molecule has 0 heterocycles. The predicted octanol–water partition coefficient (Wildman–Crippen LogP) is 4.23. The van der Waals surface area contributed by atoms with Crippen LogP contribution in [0.1, 0.15) is 47.1 Å². The maximum absolute atomic E-state index is 11.8. The highest BCUT2D eigenvalue weighted by Gasteiger charge is 2.17. The summed E-state index contributed by atoms with van der Waals surface area (Å²) in [6.07, 6.45) is 2.98. The minimum absolute atomic E-state index is 0.274. The summed E-state index contributed by atoms with van der Waals surface area (Å²) in [7, 11) is 0. The first kappa shape index (κ1) is 21.4. The Morgan fingerprint density at radius 2 is 1.71 bits per heavy atom. The maximum atomic E-state index is 11.8. The van der Waals surface area contributed by atoms with E-state index in [1.54, 1.807) is 45.0 Å². The van der Waals surface area contributed by atoms with Gasteiger partial charge in [0.05, 0.1) is 11.4 Å². The number of nitrogens with one attached hydrogen (secondary N) is 2. The second-order valence-electron chi connectivity index (χ2n) is 5.61. The van der Waals surface area contributed by atoms with Crippen LogP contribution < -0.4 is 10.6 Å². The second kappa shape index (κ2) is 10.2. The van der Waals surface area contributed by atoms with Crippen LogP contribution in [0.3, 0.4) is 0 Å². The standard InChI is InChI=1S/C16H20N2O4.C2H6/c1-11(20)17-14-10-12(6-5-9-19)7-8-13(14)18-15(21)22-16(2,3)4;1-2/h5-10H,1-4H3,(H,17,20)(H,18,21);1-2H3/b6-5+;. The fraction of sp³-hybridized carbons (Fsp3) is 0.389. The number of amides is 2. The molecule has 0 aliphatic carbocycles. The lowest BCUT2D eigenvalue weighted by atomic mass is 10.1. The lowest BCUT2D eigenvalue weighted by Gasteiger charge is -2.20. The van der Waals surface area contributed by atoms with Gasteiger partial charge in [0.15, 0.2) is 0 Å². The highest BCUT2D eigenvalue weighted by molar-refractivity contribution is 5.97. The Labute approximate surface area is 143 Å². The summed E-state index contributed by atoms with van der Waals surface area (Å²) in [4.78, 5) is 33.4. The van der Waals surface area contributed by atoms with E-state index >= 15 is 0 Å². The molecule has 0 bridgehead atoms. The number of aldehydes is 1. The number of rotatable bonds is 4. The molecule has 1 aromatic carbocycles. The van der Waals surface area contributed by atoms with Gasteiger partial charge in [0, 0.05) is 6.92 Å². The topological polar surface area (TPSA) is 84.5 Å². The van der Waals surface area contributed by atoms with Gasteiger partial charge in [-0.05, 0) is 44.5 Å². The summed E-state index contributed by atoms with van der Waals surface area (Å²) in [6.45, 7) is 10.6. The first-order valence-electron chi connectivity index (χ1n) is 7.75. The number of carbonyl (C=O) groups excluding carboxylic acids is 3. The zero-order chi connectivity index (χ0) is 18.8. The molecule has 2 amide bonds. The average molecular weight is 334 g/mol. The molecule has 2 N–H and O–H groups in total. The van der Waals surface area contributed by atoms with Crippen molar-refractivity contribution in [2.75, 3.05) is 10.6 Å². The first-order chi connectivity index (χ1) is 11.2. The lowest BCUT2D eigenvalue weighted by Crippen LogP contribution is -2.27. The van der Waals surface area contributed by atoms with Gasteiger partial charge in [-0.3, -0.25) is 14.9 Å².